The van der Waals surface area contributed by atoms with Crippen molar-refractivity contribution in [3.63, 3.8) is 0 Å². The number of hydrogen-bond acceptors (Lipinski definition) is 3. The van der Waals surface area contributed by atoms with Gasteiger partial charge in [0.1, 0.15) is 0 Å². The summed E-state index contributed by atoms with van der Waals surface area (Å²) in [6, 6.07) is 0.351. The van der Waals surface area contributed by atoms with Crippen LogP contribution in [0, 0.1) is 11.3 Å². The van der Waals surface area contributed by atoms with E-state index in [4.69, 9.17) is 9.73 Å². The normalized spacial score (nSPS) is 17.9. The molecule has 6 nitrogen and oxygen atoms in total. The summed E-state index contributed by atoms with van der Waals surface area (Å²) in [6.45, 7) is 15.9. The molecule has 1 saturated heterocycles. The van der Waals surface area contributed by atoms with Crippen molar-refractivity contribution in [3.05, 3.63) is 0 Å². The Balaban J connectivity index is 2.60. The van der Waals surface area contributed by atoms with Gasteiger partial charge in [-0.2, -0.15) is 0 Å². The van der Waals surface area contributed by atoms with Gasteiger partial charge in [0.05, 0.1) is 12.6 Å². The predicted molar refractivity (Wildman–Crippen MR) is 113 cm³/mol. The molecule has 1 aliphatic heterocycles. The molecule has 0 aromatic heterocycles. The van der Waals surface area contributed by atoms with Crippen molar-refractivity contribution in [2.45, 2.75) is 79.4 Å². The van der Waals surface area contributed by atoms with E-state index in [9.17, 15) is 4.79 Å². The fourth-order valence-corrected chi connectivity index (χ4v) is 3.53. The number of likely N-dealkylation sites (tertiary alicyclic amines) is 1. The molecule has 1 fully saturated rings. The van der Waals surface area contributed by atoms with Gasteiger partial charge in [-0.15, -0.1) is 0 Å². The second-order valence-electron chi connectivity index (χ2n) is 8.57. The first-order chi connectivity index (χ1) is 12.8. The van der Waals surface area contributed by atoms with Gasteiger partial charge < -0.3 is 20.3 Å². The van der Waals surface area contributed by atoms with E-state index < -0.39 is 0 Å². The van der Waals surface area contributed by atoms with Crippen LogP contribution in [-0.2, 0) is 9.53 Å². The van der Waals surface area contributed by atoms with Gasteiger partial charge in [0.15, 0.2) is 5.96 Å². The van der Waals surface area contributed by atoms with Gasteiger partial charge in [0.25, 0.3) is 0 Å². The van der Waals surface area contributed by atoms with Crippen LogP contribution in [0.3, 0.4) is 0 Å². The first-order valence-electron chi connectivity index (χ1n) is 10.6. The highest BCUT2D eigenvalue weighted by Crippen LogP contribution is 2.22. The fraction of sp³-hybridized carbons (Fsp3) is 0.905. The van der Waals surface area contributed by atoms with Crippen LogP contribution in [-0.4, -0.2) is 62.2 Å². The Morgan fingerprint density at radius 1 is 1.19 bits per heavy atom. The Bertz CT molecular complexity index is 461. The highest BCUT2D eigenvalue weighted by molar-refractivity contribution is 5.80. The summed E-state index contributed by atoms with van der Waals surface area (Å²) in [5.41, 5.74) is 0.0520. The molecule has 0 bridgehead atoms. The summed E-state index contributed by atoms with van der Waals surface area (Å²) >= 11 is 0. The second kappa shape index (κ2) is 11.5. The third kappa shape index (κ3) is 7.68. The lowest BCUT2D eigenvalue weighted by Crippen LogP contribution is -2.50. The van der Waals surface area contributed by atoms with Crippen LogP contribution in [0.1, 0.15) is 67.2 Å². The van der Waals surface area contributed by atoms with Crippen molar-refractivity contribution in [1.82, 2.24) is 15.5 Å². The number of guanidine groups is 1. The molecule has 158 valence electrons. The molecule has 1 amide bonds. The third-order valence-electron chi connectivity index (χ3n) is 5.49. The molecule has 1 heterocycles. The smallest absolute Gasteiger partial charge is 0.225 e. The topological polar surface area (TPSA) is 66.0 Å². The molecule has 0 spiro atoms. The number of piperidine rings is 1. The number of carbonyl (C=O) groups excluding carboxylic acids is 1. The zero-order chi connectivity index (χ0) is 20.4. The number of nitrogens with zero attached hydrogens (tertiary/aromatic N) is 2. The van der Waals surface area contributed by atoms with E-state index in [1.807, 2.05) is 4.90 Å². The van der Waals surface area contributed by atoms with Gasteiger partial charge in [0.2, 0.25) is 5.91 Å². The SMILES string of the molecule is CCNC(=NCC(OC)C(C)(C)C)NC1CCN(C(=O)C(CC)CC)CC1. The Hall–Kier alpha value is -1.30. The van der Waals surface area contributed by atoms with Crippen LogP contribution < -0.4 is 10.6 Å². The number of ether oxygens (including phenoxy) is 1. The summed E-state index contributed by atoms with van der Waals surface area (Å²) in [5.74, 6) is 1.34. The quantitative estimate of drug-likeness (QED) is 0.500. The molecule has 1 unspecified atom stereocenters. The summed E-state index contributed by atoms with van der Waals surface area (Å²) < 4.78 is 5.61. The molecule has 2 N–H and O–H groups in total. The summed E-state index contributed by atoms with van der Waals surface area (Å²) in [4.78, 5) is 19.3. The summed E-state index contributed by atoms with van der Waals surface area (Å²) in [6.07, 6.45) is 3.86. The fourth-order valence-electron chi connectivity index (χ4n) is 3.53. The summed E-state index contributed by atoms with van der Waals surface area (Å²) in [5, 5.41) is 6.88. The van der Waals surface area contributed by atoms with E-state index >= 15 is 0 Å². The van der Waals surface area contributed by atoms with Crippen LogP contribution in [0.2, 0.25) is 0 Å². The van der Waals surface area contributed by atoms with Gasteiger partial charge in [-0.05, 0) is 38.0 Å². The molecule has 1 aliphatic rings. The molecular weight excluding hydrogens is 340 g/mol. The number of nitrogens with one attached hydrogen (secondary N) is 2. The number of rotatable bonds is 8. The van der Waals surface area contributed by atoms with E-state index in [1.54, 1.807) is 7.11 Å². The Labute approximate surface area is 166 Å². The molecule has 27 heavy (non-hydrogen) atoms. The standard InChI is InChI=1S/C21H42N4O2/c1-8-16(9-2)19(26)25-13-11-17(12-14-25)24-20(22-10-3)23-15-18(27-7)21(4,5)6/h16-18H,8-15H2,1-7H3,(H2,22,23,24). The number of aliphatic imine (C=N–C) groups is 1. The first kappa shape index (κ1) is 23.7. The van der Waals surface area contributed by atoms with Crippen molar-refractivity contribution >= 4 is 11.9 Å². The predicted octanol–water partition coefficient (Wildman–Crippen LogP) is 3.03. The van der Waals surface area contributed by atoms with Gasteiger partial charge in [0, 0.05) is 38.7 Å². The van der Waals surface area contributed by atoms with Crippen molar-refractivity contribution < 1.29 is 9.53 Å². The van der Waals surface area contributed by atoms with Crippen LogP contribution in [0.4, 0.5) is 0 Å². The maximum atomic E-state index is 12.6. The maximum absolute atomic E-state index is 12.6. The molecule has 0 aromatic carbocycles. The highest BCUT2D eigenvalue weighted by Gasteiger charge is 2.27. The van der Waals surface area contributed by atoms with E-state index in [-0.39, 0.29) is 17.4 Å². The lowest BCUT2D eigenvalue weighted by atomic mass is 9.89. The highest BCUT2D eigenvalue weighted by atomic mass is 16.5. The maximum Gasteiger partial charge on any atom is 0.225 e. The van der Waals surface area contributed by atoms with Crippen molar-refractivity contribution in [3.8, 4) is 0 Å². The number of hydrogen-bond donors (Lipinski definition) is 2. The Morgan fingerprint density at radius 2 is 1.78 bits per heavy atom. The second-order valence-corrected chi connectivity index (χ2v) is 8.57. The largest absolute Gasteiger partial charge is 0.379 e. The van der Waals surface area contributed by atoms with Gasteiger partial charge >= 0.3 is 0 Å². The van der Waals surface area contributed by atoms with Crippen LogP contribution in [0.15, 0.2) is 4.99 Å². The molecule has 6 heteroatoms. The van der Waals surface area contributed by atoms with Crippen molar-refractivity contribution in [2.24, 2.45) is 16.3 Å². The minimum Gasteiger partial charge on any atom is -0.379 e. The zero-order valence-electron chi connectivity index (χ0n) is 18.6. The van der Waals surface area contributed by atoms with Gasteiger partial charge in [-0.25, -0.2) is 0 Å². The van der Waals surface area contributed by atoms with Gasteiger partial charge in [-0.1, -0.05) is 34.6 Å². The van der Waals surface area contributed by atoms with E-state index in [0.29, 0.717) is 18.5 Å². The molecule has 0 aromatic rings. The Morgan fingerprint density at radius 3 is 2.22 bits per heavy atom. The zero-order valence-corrected chi connectivity index (χ0v) is 18.6. The third-order valence-corrected chi connectivity index (χ3v) is 5.49. The molecule has 1 rings (SSSR count). The number of carbonyl (C=O) groups is 1. The molecule has 0 aliphatic carbocycles. The van der Waals surface area contributed by atoms with Crippen LogP contribution in [0.25, 0.3) is 0 Å². The van der Waals surface area contributed by atoms with Gasteiger partial charge in [-0.3, -0.25) is 9.79 Å². The minimum absolute atomic E-state index is 0.0520. The van der Waals surface area contributed by atoms with E-state index in [0.717, 1.165) is 51.3 Å². The van der Waals surface area contributed by atoms with Crippen LogP contribution >= 0.6 is 0 Å². The monoisotopic (exact) mass is 382 g/mol. The number of methoxy groups -OCH3 is 1. The van der Waals surface area contributed by atoms with Crippen LogP contribution in [0.5, 0.6) is 0 Å². The van der Waals surface area contributed by atoms with E-state index in [2.05, 4.69) is 52.2 Å². The lowest BCUT2D eigenvalue weighted by molar-refractivity contribution is -0.136. The first-order valence-corrected chi connectivity index (χ1v) is 10.6. The molecule has 1 atom stereocenters. The molecular formula is C21H42N4O2. The summed E-state index contributed by atoms with van der Waals surface area (Å²) in [7, 11) is 1.75. The molecule has 0 radical (unpaired) electrons. The average Bonchev–Trinajstić information content (AvgIpc) is 2.62. The lowest BCUT2D eigenvalue weighted by Gasteiger charge is -2.35. The average molecular weight is 383 g/mol. The van der Waals surface area contributed by atoms with Crippen molar-refractivity contribution in [2.75, 3.05) is 33.3 Å². The number of amides is 1. The molecule has 0 saturated carbocycles. The minimum atomic E-state index is 0.0520. The Kier molecular flexibility index (Phi) is 10.1. The van der Waals surface area contributed by atoms with Crippen molar-refractivity contribution in [1.29, 1.82) is 0 Å². The van der Waals surface area contributed by atoms with E-state index in [1.165, 1.54) is 0 Å².